The van der Waals surface area contributed by atoms with Crippen molar-refractivity contribution in [1.82, 2.24) is 10.3 Å². The highest BCUT2D eigenvalue weighted by atomic mass is 32.2. The molecule has 1 heterocycles. The number of ether oxygens (including phenoxy) is 2. The predicted molar refractivity (Wildman–Crippen MR) is 132 cm³/mol. The maximum Gasteiger partial charge on any atom is 0.343 e. The van der Waals surface area contributed by atoms with Gasteiger partial charge >= 0.3 is 5.97 Å². The Labute approximate surface area is 203 Å². The number of amides is 2. The van der Waals surface area contributed by atoms with Crippen LogP contribution in [0, 0.1) is 0 Å². The van der Waals surface area contributed by atoms with Crippen LogP contribution in [0.4, 0.5) is 0 Å². The Hall–Kier alpha value is -3.33. The summed E-state index contributed by atoms with van der Waals surface area (Å²) in [4.78, 5) is 36.3. The Bertz CT molecular complexity index is 1120. The first-order chi connectivity index (χ1) is 16.0. The molecule has 0 bridgehead atoms. The molecular weight excluding hydrogens is 454 g/mol. The van der Waals surface area contributed by atoms with Crippen LogP contribution in [0.15, 0.2) is 47.6 Å². The fraction of sp³-hybridized carbons (Fsp3) is 0.360. The maximum absolute atomic E-state index is 12.8. The lowest BCUT2D eigenvalue weighted by Gasteiger charge is -2.21. The highest BCUT2D eigenvalue weighted by Gasteiger charge is 2.33. The first-order valence-corrected chi connectivity index (χ1v) is 11.8. The molecule has 2 amide bonds. The van der Waals surface area contributed by atoms with Gasteiger partial charge in [-0.15, -0.1) is 5.10 Å². The maximum atomic E-state index is 12.8. The van der Waals surface area contributed by atoms with E-state index in [4.69, 9.17) is 9.47 Å². The van der Waals surface area contributed by atoms with Crippen molar-refractivity contribution in [1.29, 1.82) is 0 Å². The average molecular weight is 484 g/mol. The van der Waals surface area contributed by atoms with Gasteiger partial charge in [0.15, 0.2) is 16.7 Å². The Balaban J connectivity index is 1.83. The second kappa shape index (κ2) is 10.3. The van der Waals surface area contributed by atoms with Gasteiger partial charge in [0.2, 0.25) is 11.8 Å². The fourth-order valence-corrected chi connectivity index (χ4v) is 4.40. The zero-order valence-electron chi connectivity index (χ0n) is 20.2. The van der Waals surface area contributed by atoms with E-state index in [9.17, 15) is 14.4 Å². The molecule has 0 saturated carbocycles. The lowest BCUT2D eigenvalue weighted by Crippen LogP contribution is -2.25. The van der Waals surface area contributed by atoms with Gasteiger partial charge in [0.25, 0.3) is 0 Å². The molecule has 0 spiro atoms. The first-order valence-electron chi connectivity index (χ1n) is 10.9. The quantitative estimate of drug-likeness (QED) is 0.493. The van der Waals surface area contributed by atoms with Gasteiger partial charge in [0.05, 0.1) is 12.2 Å². The SMILES string of the molecule is CCOc1cc([C@H]2SC(NC(C)=O)=NN2C(C)=O)ccc1OC(=O)c1ccc(C(C)(C)C)cc1. The number of benzene rings is 2. The molecule has 8 nitrogen and oxygen atoms in total. The zero-order chi connectivity index (χ0) is 25.0. The minimum atomic E-state index is -0.494. The average Bonchev–Trinajstić information content (AvgIpc) is 3.18. The molecule has 1 aliphatic rings. The molecular formula is C25H29N3O5S. The molecule has 1 aliphatic heterocycles. The highest BCUT2D eigenvalue weighted by Crippen LogP contribution is 2.41. The molecule has 0 fully saturated rings. The lowest BCUT2D eigenvalue weighted by atomic mass is 9.87. The van der Waals surface area contributed by atoms with Crippen LogP contribution in [0.3, 0.4) is 0 Å². The third-order valence-corrected chi connectivity index (χ3v) is 6.09. The van der Waals surface area contributed by atoms with Gasteiger partial charge in [0, 0.05) is 13.8 Å². The minimum Gasteiger partial charge on any atom is -0.490 e. The van der Waals surface area contributed by atoms with E-state index in [1.807, 2.05) is 19.1 Å². The molecule has 0 unspecified atom stereocenters. The van der Waals surface area contributed by atoms with Crippen LogP contribution < -0.4 is 14.8 Å². The van der Waals surface area contributed by atoms with Crippen LogP contribution in [0.2, 0.25) is 0 Å². The standard InChI is InChI=1S/C25H29N3O5S/c1-7-32-21-14-18(22-28(16(3)30)27-24(34-22)26-15(2)29)10-13-20(21)33-23(31)17-8-11-19(12-9-17)25(4,5)6/h8-14,22H,7H2,1-6H3,(H,26,27,29)/t22-/m1/s1. The van der Waals surface area contributed by atoms with Gasteiger partial charge in [0.1, 0.15) is 5.37 Å². The van der Waals surface area contributed by atoms with Crippen molar-refractivity contribution >= 4 is 34.7 Å². The number of amidine groups is 1. The number of carbonyl (C=O) groups is 3. The molecule has 1 atom stereocenters. The Morgan fingerprint density at radius 3 is 2.29 bits per heavy atom. The highest BCUT2D eigenvalue weighted by molar-refractivity contribution is 8.14. The van der Waals surface area contributed by atoms with Gasteiger partial charge in [-0.1, -0.05) is 50.7 Å². The largest absolute Gasteiger partial charge is 0.490 e. The second-order valence-electron chi connectivity index (χ2n) is 8.78. The van der Waals surface area contributed by atoms with E-state index < -0.39 is 11.3 Å². The van der Waals surface area contributed by atoms with E-state index in [1.165, 1.54) is 30.6 Å². The molecule has 9 heteroatoms. The number of carbonyl (C=O) groups excluding carboxylic acids is 3. The van der Waals surface area contributed by atoms with Crippen LogP contribution in [0.5, 0.6) is 11.5 Å². The normalized spacial score (nSPS) is 15.5. The van der Waals surface area contributed by atoms with Gasteiger partial charge < -0.3 is 14.8 Å². The molecule has 180 valence electrons. The molecule has 1 N–H and O–H groups in total. The molecule has 0 saturated heterocycles. The molecule has 2 aromatic rings. The van der Waals surface area contributed by atoms with Crippen LogP contribution >= 0.6 is 11.8 Å². The number of hydrazone groups is 1. The smallest absolute Gasteiger partial charge is 0.343 e. The predicted octanol–water partition coefficient (Wildman–Crippen LogP) is 4.60. The number of esters is 1. The molecule has 0 aromatic heterocycles. The topological polar surface area (TPSA) is 97.3 Å². The van der Waals surface area contributed by atoms with Crippen LogP contribution in [-0.4, -0.2) is 34.6 Å². The Morgan fingerprint density at radius 1 is 1.06 bits per heavy atom. The monoisotopic (exact) mass is 483 g/mol. The second-order valence-corrected chi connectivity index (χ2v) is 9.85. The molecule has 0 aliphatic carbocycles. The van der Waals surface area contributed by atoms with E-state index in [2.05, 4.69) is 31.2 Å². The third kappa shape index (κ3) is 5.96. The van der Waals surface area contributed by atoms with E-state index >= 15 is 0 Å². The molecule has 2 aromatic carbocycles. The van der Waals surface area contributed by atoms with Crippen molar-refractivity contribution < 1.29 is 23.9 Å². The number of thioether (sulfide) groups is 1. The first kappa shape index (κ1) is 25.3. The number of hydrogen-bond acceptors (Lipinski definition) is 7. The molecule has 3 rings (SSSR count). The zero-order valence-corrected chi connectivity index (χ0v) is 21.0. The summed E-state index contributed by atoms with van der Waals surface area (Å²) in [6.45, 7) is 11.3. The number of nitrogens with one attached hydrogen (secondary N) is 1. The van der Waals surface area contributed by atoms with Gasteiger partial charge in [-0.05, 0) is 47.7 Å². The third-order valence-electron chi connectivity index (χ3n) is 4.99. The van der Waals surface area contributed by atoms with Gasteiger partial charge in [-0.2, -0.15) is 0 Å². The number of nitrogens with zero attached hydrogens (tertiary/aromatic N) is 2. The van der Waals surface area contributed by atoms with Gasteiger partial charge in [-0.25, -0.2) is 9.80 Å². The summed E-state index contributed by atoms with van der Waals surface area (Å²) in [7, 11) is 0. The number of rotatable bonds is 5. The molecule has 0 radical (unpaired) electrons. The summed E-state index contributed by atoms with van der Waals surface area (Å²) in [5, 5.41) is 7.95. The van der Waals surface area contributed by atoms with Crippen molar-refractivity contribution in [3.63, 3.8) is 0 Å². The van der Waals surface area contributed by atoms with Crippen molar-refractivity contribution in [3.05, 3.63) is 59.2 Å². The summed E-state index contributed by atoms with van der Waals surface area (Å²) in [6.07, 6.45) is 0. The Morgan fingerprint density at radius 2 is 1.74 bits per heavy atom. The summed E-state index contributed by atoms with van der Waals surface area (Å²) in [5.74, 6) is -0.396. The Kier molecular flexibility index (Phi) is 7.66. The summed E-state index contributed by atoms with van der Waals surface area (Å²) in [5.41, 5.74) is 2.24. The minimum absolute atomic E-state index is 0.0179. The van der Waals surface area contributed by atoms with E-state index in [0.717, 1.165) is 5.56 Å². The van der Waals surface area contributed by atoms with Crippen LogP contribution in [-0.2, 0) is 15.0 Å². The lowest BCUT2D eigenvalue weighted by molar-refractivity contribution is -0.129. The van der Waals surface area contributed by atoms with Crippen LogP contribution in [0.25, 0.3) is 0 Å². The summed E-state index contributed by atoms with van der Waals surface area (Å²) < 4.78 is 11.4. The fourth-order valence-electron chi connectivity index (χ4n) is 3.28. The van der Waals surface area contributed by atoms with Crippen molar-refractivity contribution in [2.45, 2.75) is 52.3 Å². The van der Waals surface area contributed by atoms with Gasteiger partial charge in [-0.3, -0.25) is 9.59 Å². The number of hydrogen-bond donors (Lipinski definition) is 1. The van der Waals surface area contributed by atoms with Crippen molar-refractivity contribution in [3.8, 4) is 11.5 Å². The van der Waals surface area contributed by atoms with E-state index in [1.54, 1.807) is 30.3 Å². The van der Waals surface area contributed by atoms with Crippen molar-refractivity contribution in [2.75, 3.05) is 6.61 Å². The van der Waals surface area contributed by atoms with E-state index in [-0.39, 0.29) is 23.0 Å². The molecule has 34 heavy (non-hydrogen) atoms. The summed E-state index contributed by atoms with van der Waals surface area (Å²) >= 11 is 1.23. The van der Waals surface area contributed by atoms with Crippen molar-refractivity contribution in [2.24, 2.45) is 5.10 Å². The summed E-state index contributed by atoms with van der Waals surface area (Å²) in [6, 6.07) is 12.4. The van der Waals surface area contributed by atoms with E-state index in [0.29, 0.717) is 28.7 Å². The van der Waals surface area contributed by atoms with Crippen LogP contribution in [0.1, 0.15) is 68.4 Å².